The third-order valence-electron chi connectivity index (χ3n) is 2.67. The molecule has 0 aliphatic carbocycles. The second-order valence-corrected chi connectivity index (χ2v) is 7.47. The highest BCUT2D eigenvalue weighted by Crippen LogP contribution is 2.28. The number of hydrogen-bond donors (Lipinski definition) is 0. The molecule has 1 heterocycles. The van der Waals surface area contributed by atoms with Gasteiger partial charge in [0, 0.05) is 15.7 Å². The molecule has 0 unspecified atom stereocenters. The highest BCUT2D eigenvalue weighted by atomic mass is 32.2. The summed E-state index contributed by atoms with van der Waals surface area (Å²) in [6.45, 7) is 8.75. The van der Waals surface area contributed by atoms with Crippen LogP contribution in [-0.2, 0) is 11.2 Å². The van der Waals surface area contributed by atoms with Crippen LogP contribution in [0.5, 0.6) is 0 Å². The predicted molar refractivity (Wildman–Crippen MR) is 81.6 cm³/mol. The average Bonchev–Trinajstić information content (AvgIpc) is 2.74. The van der Waals surface area contributed by atoms with Crippen molar-refractivity contribution in [3.8, 4) is 0 Å². The van der Waals surface area contributed by atoms with Crippen LogP contribution in [0, 0.1) is 6.92 Å². The second-order valence-electron chi connectivity index (χ2n) is 5.48. The molecule has 3 heteroatoms. The molecule has 0 saturated carbocycles. The van der Waals surface area contributed by atoms with Crippen molar-refractivity contribution >= 4 is 23.1 Å². The van der Waals surface area contributed by atoms with E-state index >= 15 is 0 Å². The first-order valence-electron chi connectivity index (χ1n) is 6.09. The lowest BCUT2D eigenvalue weighted by atomic mass is 9.93. The summed E-state index contributed by atoms with van der Waals surface area (Å²) in [5, 5.41) is 3.40. The molecular weight excluding hydrogens is 258 g/mol. The monoisotopic (exact) mass is 277 g/mol. The largest absolute Gasteiger partial charge is 0.245 e. The Hall–Kier alpha value is -0.800. The van der Waals surface area contributed by atoms with Crippen LogP contribution in [-0.4, -0.2) is 4.98 Å². The summed E-state index contributed by atoms with van der Waals surface area (Å²) >= 11 is 3.63. The Labute approximate surface area is 118 Å². The first-order valence-corrected chi connectivity index (χ1v) is 7.96. The fourth-order valence-corrected chi connectivity index (χ4v) is 3.62. The van der Waals surface area contributed by atoms with Gasteiger partial charge in [-0.25, -0.2) is 4.98 Å². The summed E-state index contributed by atoms with van der Waals surface area (Å²) < 4.78 is 0. The van der Waals surface area contributed by atoms with Crippen molar-refractivity contribution < 1.29 is 0 Å². The molecule has 2 rings (SSSR count). The lowest BCUT2D eigenvalue weighted by molar-refractivity contribution is 0.572. The van der Waals surface area contributed by atoms with Crippen LogP contribution >= 0.6 is 23.1 Å². The fourth-order valence-electron chi connectivity index (χ4n) is 1.57. The van der Waals surface area contributed by atoms with Crippen molar-refractivity contribution in [2.45, 2.75) is 43.8 Å². The molecule has 0 saturated heterocycles. The summed E-state index contributed by atoms with van der Waals surface area (Å²) in [5.74, 6) is 0.962. The number of hydrogen-bond acceptors (Lipinski definition) is 3. The highest BCUT2D eigenvalue weighted by molar-refractivity contribution is 7.98. The number of benzene rings is 1. The Balaban J connectivity index is 2.01. The molecule has 0 radical (unpaired) electrons. The van der Waals surface area contributed by atoms with Gasteiger partial charge in [-0.1, -0.05) is 38.5 Å². The molecule has 0 spiro atoms. The molecule has 0 fully saturated rings. The maximum atomic E-state index is 4.72. The quantitative estimate of drug-likeness (QED) is 0.729. The van der Waals surface area contributed by atoms with Crippen LogP contribution in [0.4, 0.5) is 0 Å². The Morgan fingerprint density at radius 2 is 2.06 bits per heavy atom. The zero-order valence-corrected chi connectivity index (χ0v) is 13.0. The maximum absolute atomic E-state index is 4.72. The molecular formula is C15H19NS2. The number of aryl methyl sites for hydroxylation is 1. The minimum atomic E-state index is 0.156. The van der Waals surface area contributed by atoms with Crippen molar-refractivity contribution in [1.82, 2.24) is 4.98 Å². The van der Waals surface area contributed by atoms with E-state index < -0.39 is 0 Å². The highest BCUT2D eigenvalue weighted by Gasteiger charge is 2.17. The zero-order chi connectivity index (χ0) is 13.2. The number of aromatic nitrogens is 1. The molecule has 2 aromatic rings. The van der Waals surface area contributed by atoms with E-state index in [4.69, 9.17) is 4.98 Å². The van der Waals surface area contributed by atoms with Gasteiger partial charge in [0.15, 0.2) is 0 Å². The van der Waals surface area contributed by atoms with Crippen LogP contribution < -0.4 is 0 Å². The Bertz CT molecular complexity index is 523. The van der Waals surface area contributed by atoms with Gasteiger partial charge in [-0.3, -0.25) is 0 Å². The van der Waals surface area contributed by atoms with E-state index in [0.717, 1.165) is 5.75 Å². The van der Waals surface area contributed by atoms with Gasteiger partial charge < -0.3 is 0 Å². The molecule has 0 aliphatic heterocycles. The maximum Gasteiger partial charge on any atom is 0.103 e. The van der Waals surface area contributed by atoms with E-state index in [9.17, 15) is 0 Å². The van der Waals surface area contributed by atoms with Crippen LogP contribution in [0.15, 0.2) is 34.5 Å². The van der Waals surface area contributed by atoms with Crippen molar-refractivity contribution in [3.05, 3.63) is 45.9 Å². The van der Waals surface area contributed by atoms with Gasteiger partial charge in [0.25, 0.3) is 0 Å². The third-order valence-corrected chi connectivity index (χ3v) is 4.71. The lowest BCUT2D eigenvalue weighted by Gasteiger charge is -2.14. The number of rotatable bonds is 3. The summed E-state index contributed by atoms with van der Waals surface area (Å²) in [7, 11) is 0. The van der Waals surface area contributed by atoms with Crippen LogP contribution in [0.3, 0.4) is 0 Å². The van der Waals surface area contributed by atoms with Crippen LogP contribution in [0.2, 0.25) is 0 Å². The van der Waals surface area contributed by atoms with Gasteiger partial charge in [-0.15, -0.1) is 23.1 Å². The first-order chi connectivity index (χ1) is 8.45. The van der Waals surface area contributed by atoms with Crippen molar-refractivity contribution in [2.24, 2.45) is 0 Å². The van der Waals surface area contributed by atoms with Crippen LogP contribution in [0.25, 0.3) is 0 Å². The second kappa shape index (κ2) is 5.45. The van der Waals surface area contributed by atoms with Crippen LogP contribution in [0.1, 0.15) is 37.0 Å². The summed E-state index contributed by atoms with van der Waals surface area (Å²) in [4.78, 5) is 6.04. The topological polar surface area (TPSA) is 12.9 Å². The van der Waals surface area contributed by atoms with E-state index in [1.807, 2.05) is 11.8 Å². The van der Waals surface area contributed by atoms with E-state index in [0.29, 0.717) is 0 Å². The molecule has 0 atom stereocenters. The summed E-state index contributed by atoms with van der Waals surface area (Å²) in [6, 6.07) is 8.63. The van der Waals surface area contributed by atoms with E-state index in [2.05, 4.69) is 57.3 Å². The third kappa shape index (κ3) is 3.59. The zero-order valence-electron chi connectivity index (χ0n) is 11.4. The predicted octanol–water partition coefficient (Wildman–Crippen LogP) is 5.04. The summed E-state index contributed by atoms with van der Waals surface area (Å²) in [6.07, 6.45) is 0. The normalized spacial score (nSPS) is 11.8. The molecule has 0 bridgehead atoms. The molecule has 1 aromatic carbocycles. The molecule has 0 N–H and O–H groups in total. The Morgan fingerprint density at radius 1 is 1.28 bits per heavy atom. The summed E-state index contributed by atoms with van der Waals surface area (Å²) in [5.41, 5.74) is 2.67. The van der Waals surface area contributed by atoms with E-state index in [1.54, 1.807) is 11.3 Å². The minimum absolute atomic E-state index is 0.156. The Morgan fingerprint density at radius 3 is 2.67 bits per heavy atom. The molecule has 0 aliphatic rings. The van der Waals surface area contributed by atoms with Gasteiger partial charge in [-0.2, -0.15) is 0 Å². The molecule has 1 nitrogen and oxygen atoms in total. The molecule has 96 valence electrons. The van der Waals surface area contributed by atoms with Crippen molar-refractivity contribution in [2.75, 3.05) is 0 Å². The van der Waals surface area contributed by atoms with Crippen molar-refractivity contribution in [1.29, 1.82) is 0 Å². The molecule has 1 aromatic heterocycles. The smallest absolute Gasteiger partial charge is 0.103 e. The van der Waals surface area contributed by atoms with Gasteiger partial charge in [0.2, 0.25) is 0 Å². The number of thiazole rings is 1. The van der Waals surface area contributed by atoms with Gasteiger partial charge >= 0.3 is 0 Å². The molecule has 18 heavy (non-hydrogen) atoms. The minimum Gasteiger partial charge on any atom is -0.245 e. The SMILES string of the molecule is Cc1cccc(SCc2nc(C(C)(C)C)cs2)c1. The molecule has 0 amide bonds. The van der Waals surface area contributed by atoms with Gasteiger partial charge in [-0.05, 0) is 19.1 Å². The lowest BCUT2D eigenvalue weighted by Crippen LogP contribution is -2.11. The van der Waals surface area contributed by atoms with E-state index in [-0.39, 0.29) is 5.41 Å². The fraction of sp³-hybridized carbons (Fsp3) is 0.400. The first kappa shape index (κ1) is 13.6. The van der Waals surface area contributed by atoms with Gasteiger partial charge in [0.1, 0.15) is 5.01 Å². The standard InChI is InChI=1S/C15H19NS2/c1-11-6-5-7-12(8-11)17-10-14-16-13(9-18-14)15(2,3)4/h5-9H,10H2,1-4H3. The van der Waals surface area contributed by atoms with Crippen molar-refractivity contribution in [3.63, 3.8) is 0 Å². The van der Waals surface area contributed by atoms with E-state index in [1.165, 1.54) is 21.2 Å². The van der Waals surface area contributed by atoms with Gasteiger partial charge in [0.05, 0.1) is 11.4 Å². The Kier molecular flexibility index (Phi) is 4.13. The number of thioether (sulfide) groups is 1. The average molecular weight is 277 g/mol. The number of nitrogens with zero attached hydrogens (tertiary/aromatic N) is 1.